The Bertz CT molecular complexity index is 883. The molecule has 1 unspecified atom stereocenters. The predicted octanol–water partition coefficient (Wildman–Crippen LogP) is 4.07. The van der Waals surface area contributed by atoms with Crippen molar-refractivity contribution in [2.75, 3.05) is 27.4 Å². The third-order valence-electron chi connectivity index (χ3n) is 4.92. The molecule has 7 nitrogen and oxygen atoms in total. The number of amides is 2. The molecule has 0 saturated carbocycles. The van der Waals surface area contributed by atoms with Crippen LogP contribution >= 0.6 is 11.6 Å². The molecule has 1 atom stereocenters. The summed E-state index contributed by atoms with van der Waals surface area (Å²) in [4.78, 5) is 27.5. The van der Waals surface area contributed by atoms with Crippen molar-refractivity contribution in [3.8, 4) is 17.2 Å². The number of benzene rings is 2. The minimum absolute atomic E-state index is 0.196. The highest BCUT2D eigenvalue weighted by Gasteiger charge is 2.29. The number of halogens is 1. The molecular formula is C24H31ClN2O5. The lowest BCUT2D eigenvalue weighted by Crippen LogP contribution is -2.50. The molecule has 0 aliphatic carbocycles. The van der Waals surface area contributed by atoms with Crippen molar-refractivity contribution in [1.82, 2.24) is 10.2 Å². The van der Waals surface area contributed by atoms with E-state index >= 15 is 0 Å². The molecule has 0 aliphatic heterocycles. The Balaban J connectivity index is 2.24. The highest BCUT2D eigenvalue weighted by Crippen LogP contribution is 2.27. The smallest absolute Gasteiger partial charge is 0.261 e. The topological polar surface area (TPSA) is 77.1 Å². The summed E-state index contributed by atoms with van der Waals surface area (Å²) in [6, 6.07) is 11.7. The van der Waals surface area contributed by atoms with Gasteiger partial charge in [-0.25, -0.2) is 0 Å². The Kier molecular flexibility index (Phi) is 10.1. The zero-order valence-corrected chi connectivity index (χ0v) is 19.8. The highest BCUT2D eigenvalue weighted by atomic mass is 35.5. The second-order valence-corrected chi connectivity index (χ2v) is 7.57. The van der Waals surface area contributed by atoms with E-state index < -0.39 is 6.04 Å². The van der Waals surface area contributed by atoms with Gasteiger partial charge in [-0.05, 0) is 24.5 Å². The van der Waals surface area contributed by atoms with Crippen molar-refractivity contribution in [3.63, 3.8) is 0 Å². The molecule has 2 rings (SSSR count). The van der Waals surface area contributed by atoms with Crippen LogP contribution in [0.25, 0.3) is 0 Å². The van der Waals surface area contributed by atoms with E-state index in [1.807, 2.05) is 32.0 Å². The van der Waals surface area contributed by atoms with E-state index in [-0.39, 0.29) is 25.0 Å². The third-order valence-corrected chi connectivity index (χ3v) is 5.29. The van der Waals surface area contributed by atoms with Gasteiger partial charge in [0.2, 0.25) is 5.91 Å². The normalized spacial score (nSPS) is 11.4. The molecule has 2 aromatic rings. The highest BCUT2D eigenvalue weighted by molar-refractivity contribution is 6.31. The van der Waals surface area contributed by atoms with Crippen LogP contribution in [0.4, 0.5) is 0 Å². The van der Waals surface area contributed by atoms with Crippen LogP contribution in [0.2, 0.25) is 5.02 Å². The molecule has 1 N–H and O–H groups in total. The molecule has 0 spiro atoms. The molecule has 174 valence electrons. The van der Waals surface area contributed by atoms with Crippen LogP contribution < -0.4 is 19.5 Å². The largest absolute Gasteiger partial charge is 0.496 e. The van der Waals surface area contributed by atoms with Gasteiger partial charge < -0.3 is 24.4 Å². The number of nitrogens with zero attached hydrogens (tertiary/aromatic N) is 1. The number of nitrogens with one attached hydrogen (secondary N) is 1. The molecular weight excluding hydrogens is 432 g/mol. The first kappa shape index (κ1) is 25.3. The lowest BCUT2D eigenvalue weighted by atomic mass is 10.1. The van der Waals surface area contributed by atoms with Crippen LogP contribution in [-0.2, 0) is 16.1 Å². The molecule has 0 bridgehead atoms. The van der Waals surface area contributed by atoms with Crippen LogP contribution in [0, 0.1) is 0 Å². The summed E-state index contributed by atoms with van der Waals surface area (Å²) in [6.45, 7) is 4.34. The summed E-state index contributed by atoms with van der Waals surface area (Å²) in [7, 11) is 3.08. The maximum Gasteiger partial charge on any atom is 0.261 e. The standard InChI is InChI=1S/C24H31ClN2O5/c1-5-11-26-24(29)22(6-2)27(15-17-9-7-8-10-21(17)25)23(28)16-32-20-13-18(30-3)12-19(14-20)31-4/h7-10,12-14,22H,5-6,11,15-16H2,1-4H3,(H,26,29). The second-order valence-electron chi connectivity index (χ2n) is 7.17. The van der Waals surface area contributed by atoms with Gasteiger partial charge in [-0.15, -0.1) is 0 Å². The van der Waals surface area contributed by atoms with Gasteiger partial charge in [-0.2, -0.15) is 0 Å². The van der Waals surface area contributed by atoms with Gasteiger partial charge in [0, 0.05) is 36.3 Å². The van der Waals surface area contributed by atoms with E-state index in [0.29, 0.717) is 35.2 Å². The summed E-state index contributed by atoms with van der Waals surface area (Å²) in [5.41, 5.74) is 0.757. The van der Waals surface area contributed by atoms with Crippen molar-refractivity contribution in [2.24, 2.45) is 0 Å². The van der Waals surface area contributed by atoms with Crippen LogP contribution in [0.15, 0.2) is 42.5 Å². The Morgan fingerprint density at radius 1 is 1.03 bits per heavy atom. The zero-order valence-electron chi connectivity index (χ0n) is 19.0. The number of methoxy groups -OCH3 is 2. The molecule has 8 heteroatoms. The SMILES string of the molecule is CCCNC(=O)C(CC)N(Cc1ccccc1Cl)C(=O)COc1cc(OC)cc(OC)c1. The first-order valence-corrected chi connectivity index (χ1v) is 11.0. The first-order chi connectivity index (χ1) is 15.4. The Labute approximate surface area is 194 Å². The van der Waals surface area contributed by atoms with E-state index in [1.54, 1.807) is 24.3 Å². The number of carbonyl (C=O) groups is 2. The lowest BCUT2D eigenvalue weighted by molar-refractivity contribution is -0.143. The fourth-order valence-electron chi connectivity index (χ4n) is 3.19. The van der Waals surface area contributed by atoms with E-state index in [0.717, 1.165) is 12.0 Å². The van der Waals surface area contributed by atoms with Crippen LogP contribution in [0.5, 0.6) is 17.2 Å². The van der Waals surface area contributed by atoms with Gasteiger partial charge in [0.1, 0.15) is 23.3 Å². The molecule has 0 fully saturated rings. The van der Waals surface area contributed by atoms with Gasteiger partial charge in [-0.1, -0.05) is 43.6 Å². The monoisotopic (exact) mass is 462 g/mol. The number of hydrogen-bond donors (Lipinski definition) is 1. The summed E-state index contributed by atoms with van der Waals surface area (Å²) in [6.07, 6.45) is 1.26. The molecule has 0 aromatic heterocycles. The Morgan fingerprint density at radius 2 is 1.66 bits per heavy atom. The van der Waals surface area contributed by atoms with E-state index in [4.69, 9.17) is 25.8 Å². The average Bonchev–Trinajstić information content (AvgIpc) is 2.81. The Morgan fingerprint density at radius 3 is 2.22 bits per heavy atom. The van der Waals surface area contributed by atoms with E-state index in [2.05, 4.69) is 5.32 Å². The fraction of sp³-hybridized carbons (Fsp3) is 0.417. The molecule has 0 aliphatic rings. The van der Waals surface area contributed by atoms with Crippen molar-refractivity contribution in [1.29, 1.82) is 0 Å². The van der Waals surface area contributed by atoms with E-state index in [1.165, 1.54) is 19.1 Å². The minimum Gasteiger partial charge on any atom is -0.496 e. The summed E-state index contributed by atoms with van der Waals surface area (Å²) >= 11 is 6.33. The van der Waals surface area contributed by atoms with Crippen LogP contribution in [0.1, 0.15) is 32.3 Å². The molecule has 0 saturated heterocycles. The third kappa shape index (κ3) is 7.05. The van der Waals surface area contributed by atoms with Crippen LogP contribution in [0.3, 0.4) is 0 Å². The van der Waals surface area contributed by atoms with Gasteiger partial charge >= 0.3 is 0 Å². The number of rotatable bonds is 12. The second kappa shape index (κ2) is 12.8. The minimum atomic E-state index is -0.645. The van der Waals surface area contributed by atoms with Gasteiger partial charge in [0.05, 0.1) is 14.2 Å². The number of carbonyl (C=O) groups excluding carboxylic acids is 2. The fourth-order valence-corrected chi connectivity index (χ4v) is 3.38. The number of ether oxygens (including phenoxy) is 3. The van der Waals surface area contributed by atoms with Crippen molar-refractivity contribution in [2.45, 2.75) is 39.3 Å². The summed E-state index contributed by atoms with van der Waals surface area (Å²) < 4.78 is 16.2. The van der Waals surface area contributed by atoms with Crippen LogP contribution in [-0.4, -0.2) is 50.1 Å². The first-order valence-electron chi connectivity index (χ1n) is 10.6. The van der Waals surface area contributed by atoms with Crippen molar-refractivity contribution >= 4 is 23.4 Å². The van der Waals surface area contributed by atoms with Crippen molar-refractivity contribution < 1.29 is 23.8 Å². The number of hydrogen-bond acceptors (Lipinski definition) is 5. The lowest BCUT2D eigenvalue weighted by Gasteiger charge is -2.30. The maximum atomic E-state index is 13.2. The molecule has 32 heavy (non-hydrogen) atoms. The zero-order chi connectivity index (χ0) is 23.5. The predicted molar refractivity (Wildman–Crippen MR) is 124 cm³/mol. The van der Waals surface area contributed by atoms with Gasteiger partial charge in [0.25, 0.3) is 5.91 Å². The van der Waals surface area contributed by atoms with Gasteiger partial charge in [0.15, 0.2) is 6.61 Å². The molecule has 2 amide bonds. The summed E-state index contributed by atoms with van der Waals surface area (Å²) in [5.74, 6) is 0.994. The quantitative estimate of drug-likeness (QED) is 0.514. The van der Waals surface area contributed by atoms with E-state index in [9.17, 15) is 9.59 Å². The van der Waals surface area contributed by atoms with Gasteiger partial charge in [-0.3, -0.25) is 9.59 Å². The average molecular weight is 463 g/mol. The molecule has 2 aromatic carbocycles. The summed E-state index contributed by atoms with van der Waals surface area (Å²) in [5, 5.41) is 3.42. The molecule has 0 heterocycles. The maximum absolute atomic E-state index is 13.2. The Hall–Kier alpha value is -2.93. The molecule has 0 radical (unpaired) electrons. The van der Waals surface area contributed by atoms with Crippen molar-refractivity contribution in [3.05, 3.63) is 53.1 Å².